The average molecular weight is 261 g/mol. The molecular formula is C14H19N3O2. The maximum Gasteiger partial charge on any atom is 0.230 e. The Hall–Kier alpha value is -1.91. The molecule has 1 N–H and O–H groups in total. The summed E-state index contributed by atoms with van der Waals surface area (Å²) in [7, 11) is 0. The molecule has 1 aromatic heterocycles. The minimum atomic E-state index is -0.280. The zero-order valence-corrected chi connectivity index (χ0v) is 11.5. The molecule has 0 radical (unpaired) electrons. The van der Waals surface area contributed by atoms with Crippen LogP contribution in [0.1, 0.15) is 25.8 Å². The van der Waals surface area contributed by atoms with E-state index in [9.17, 15) is 9.59 Å². The van der Waals surface area contributed by atoms with Crippen molar-refractivity contribution < 1.29 is 9.59 Å². The fourth-order valence-electron chi connectivity index (χ4n) is 2.18. The molecule has 0 aliphatic carbocycles. The van der Waals surface area contributed by atoms with Crippen molar-refractivity contribution in [1.29, 1.82) is 0 Å². The Bertz CT molecular complexity index is 482. The van der Waals surface area contributed by atoms with Crippen LogP contribution in [0.25, 0.3) is 0 Å². The lowest BCUT2D eigenvalue weighted by molar-refractivity contribution is -0.129. The number of nitrogens with zero attached hydrogens (tertiary/aromatic N) is 2. The zero-order chi connectivity index (χ0) is 14.0. The lowest BCUT2D eigenvalue weighted by atomic mass is 10.1. The molecule has 1 aromatic rings. The molecule has 102 valence electrons. The Kier molecular flexibility index (Phi) is 3.83. The van der Waals surface area contributed by atoms with Crippen LogP contribution in [0.3, 0.4) is 0 Å². The standard InChI is InChI=1S/C14H19N3O2/c1-9(2)17-8-11(6-13(17)18)14(19)16-12-5-4-10(3)7-15-12/h4-5,7,9,11H,6,8H2,1-3H3,(H,15,16,19)/t11-/m1/s1. The number of pyridine rings is 1. The molecule has 1 aliphatic rings. The van der Waals surface area contributed by atoms with E-state index in [1.54, 1.807) is 17.2 Å². The van der Waals surface area contributed by atoms with E-state index >= 15 is 0 Å². The number of rotatable bonds is 3. The van der Waals surface area contributed by atoms with Crippen LogP contribution < -0.4 is 5.32 Å². The topological polar surface area (TPSA) is 62.3 Å². The predicted molar refractivity (Wildman–Crippen MR) is 72.6 cm³/mol. The number of carbonyl (C=O) groups excluding carboxylic acids is 2. The smallest absolute Gasteiger partial charge is 0.230 e. The van der Waals surface area contributed by atoms with Crippen molar-refractivity contribution in [3.63, 3.8) is 0 Å². The zero-order valence-electron chi connectivity index (χ0n) is 11.5. The number of carbonyl (C=O) groups is 2. The van der Waals surface area contributed by atoms with Crippen LogP contribution >= 0.6 is 0 Å². The van der Waals surface area contributed by atoms with Gasteiger partial charge in [-0.05, 0) is 32.4 Å². The summed E-state index contributed by atoms with van der Waals surface area (Å²) in [5.41, 5.74) is 1.04. The fraction of sp³-hybridized carbons (Fsp3) is 0.500. The van der Waals surface area contributed by atoms with E-state index in [0.717, 1.165) is 5.56 Å². The second-order valence-electron chi connectivity index (χ2n) is 5.25. The van der Waals surface area contributed by atoms with Crippen molar-refractivity contribution in [2.24, 2.45) is 5.92 Å². The number of amides is 2. The van der Waals surface area contributed by atoms with Crippen LogP contribution in [0.15, 0.2) is 18.3 Å². The molecule has 0 unspecified atom stereocenters. The van der Waals surface area contributed by atoms with Gasteiger partial charge in [-0.2, -0.15) is 0 Å². The SMILES string of the molecule is Cc1ccc(NC(=O)[C@@H]2CC(=O)N(C(C)C)C2)nc1. The van der Waals surface area contributed by atoms with Crippen LogP contribution in [0.2, 0.25) is 0 Å². The molecule has 2 amide bonds. The minimum absolute atomic E-state index is 0.0482. The van der Waals surface area contributed by atoms with Crippen LogP contribution in [0.5, 0.6) is 0 Å². The summed E-state index contributed by atoms with van der Waals surface area (Å²) in [5.74, 6) is 0.170. The van der Waals surface area contributed by atoms with Gasteiger partial charge in [0.05, 0.1) is 5.92 Å². The van der Waals surface area contributed by atoms with Gasteiger partial charge in [-0.1, -0.05) is 6.07 Å². The van der Waals surface area contributed by atoms with E-state index in [4.69, 9.17) is 0 Å². The first-order chi connectivity index (χ1) is 8.97. The van der Waals surface area contributed by atoms with Crippen LogP contribution in [0, 0.1) is 12.8 Å². The van der Waals surface area contributed by atoms with Crippen LogP contribution in [-0.2, 0) is 9.59 Å². The second kappa shape index (κ2) is 5.38. The normalized spacial score (nSPS) is 19.1. The molecule has 0 spiro atoms. The predicted octanol–water partition coefficient (Wildman–Crippen LogP) is 1.59. The Balaban J connectivity index is 1.98. The van der Waals surface area contributed by atoms with Crippen molar-refractivity contribution in [3.05, 3.63) is 23.9 Å². The van der Waals surface area contributed by atoms with Crippen molar-refractivity contribution in [2.45, 2.75) is 33.2 Å². The Labute approximate surface area is 113 Å². The summed E-state index contributed by atoms with van der Waals surface area (Å²) >= 11 is 0. The molecule has 1 atom stereocenters. The number of likely N-dealkylation sites (tertiary alicyclic amines) is 1. The maximum absolute atomic E-state index is 12.1. The first-order valence-corrected chi connectivity index (χ1v) is 6.50. The third-order valence-electron chi connectivity index (χ3n) is 3.32. The first-order valence-electron chi connectivity index (χ1n) is 6.50. The molecule has 0 saturated carbocycles. The molecule has 1 fully saturated rings. The highest BCUT2D eigenvalue weighted by Gasteiger charge is 2.35. The van der Waals surface area contributed by atoms with Crippen molar-refractivity contribution >= 4 is 17.6 Å². The number of nitrogens with one attached hydrogen (secondary N) is 1. The second-order valence-corrected chi connectivity index (χ2v) is 5.25. The van der Waals surface area contributed by atoms with Gasteiger partial charge in [0.25, 0.3) is 0 Å². The van der Waals surface area contributed by atoms with E-state index in [1.165, 1.54) is 0 Å². The lowest BCUT2D eigenvalue weighted by Gasteiger charge is -2.20. The highest BCUT2D eigenvalue weighted by molar-refractivity contribution is 5.96. The number of hydrogen-bond donors (Lipinski definition) is 1. The van der Waals surface area contributed by atoms with Gasteiger partial charge >= 0.3 is 0 Å². The molecule has 1 saturated heterocycles. The molecular weight excluding hydrogens is 242 g/mol. The van der Waals surface area contributed by atoms with Crippen molar-refractivity contribution in [3.8, 4) is 0 Å². The number of aromatic nitrogens is 1. The summed E-state index contributed by atoms with van der Waals surface area (Å²) in [4.78, 5) is 29.7. The Morgan fingerprint density at radius 1 is 1.47 bits per heavy atom. The molecule has 1 aliphatic heterocycles. The van der Waals surface area contributed by atoms with Crippen LogP contribution in [-0.4, -0.2) is 34.3 Å². The molecule has 19 heavy (non-hydrogen) atoms. The third kappa shape index (κ3) is 3.10. The molecule has 0 aromatic carbocycles. The van der Waals surface area contributed by atoms with E-state index in [2.05, 4.69) is 10.3 Å². The molecule has 2 heterocycles. The van der Waals surface area contributed by atoms with E-state index in [-0.39, 0.29) is 30.2 Å². The van der Waals surface area contributed by atoms with Gasteiger partial charge in [-0.15, -0.1) is 0 Å². The van der Waals surface area contributed by atoms with E-state index in [1.807, 2.05) is 26.8 Å². The molecule has 2 rings (SSSR count). The van der Waals surface area contributed by atoms with Gasteiger partial charge < -0.3 is 10.2 Å². The summed E-state index contributed by atoms with van der Waals surface area (Å²) in [6.07, 6.45) is 1.99. The van der Waals surface area contributed by atoms with Gasteiger partial charge in [0.1, 0.15) is 5.82 Å². The van der Waals surface area contributed by atoms with E-state index < -0.39 is 0 Å². The van der Waals surface area contributed by atoms with E-state index in [0.29, 0.717) is 12.4 Å². The average Bonchev–Trinajstić information content (AvgIpc) is 2.74. The number of hydrogen-bond acceptors (Lipinski definition) is 3. The van der Waals surface area contributed by atoms with Gasteiger partial charge in [0.15, 0.2) is 0 Å². The quantitative estimate of drug-likeness (QED) is 0.898. The molecule has 5 heteroatoms. The van der Waals surface area contributed by atoms with Crippen molar-refractivity contribution in [2.75, 3.05) is 11.9 Å². The highest BCUT2D eigenvalue weighted by atomic mass is 16.2. The number of aryl methyl sites for hydroxylation is 1. The first kappa shape index (κ1) is 13.5. The summed E-state index contributed by atoms with van der Waals surface area (Å²) in [6, 6.07) is 3.80. The largest absolute Gasteiger partial charge is 0.339 e. The molecule has 5 nitrogen and oxygen atoms in total. The minimum Gasteiger partial charge on any atom is -0.339 e. The lowest BCUT2D eigenvalue weighted by Crippen LogP contribution is -2.33. The third-order valence-corrected chi connectivity index (χ3v) is 3.32. The van der Waals surface area contributed by atoms with Gasteiger partial charge in [-0.25, -0.2) is 4.98 Å². The van der Waals surface area contributed by atoms with Gasteiger partial charge in [0, 0.05) is 25.2 Å². The van der Waals surface area contributed by atoms with Gasteiger partial charge in [-0.3, -0.25) is 9.59 Å². The summed E-state index contributed by atoms with van der Waals surface area (Å²) in [6.45, 7) is 6.35. The van der Waals surface area contributed by atoms with Crippen molar-refractivity contribution in [1.82, 2.24) is 9.88 Å². The summed E-state index contributed by atoms with van der Waals surface area (Å²) in [5, 5.41) is 2.76. The Morgan fingerprint density at radius 2 is 2.21 bits per heavy atom. The molecule has 0 bridgehead atoms. The highest BCUT2D eigenvalue weighted by Crippen LogP contribution is 2.21. The summed E-state index contributed by atoms with van der Waals surface area (Å²) < 4.78 is 0. The fourth-order valence-corrected chi connectivity index (χ4v) is 2.18. The van der Waals surface area contributed by atoms with Gasteiger partial charge in [0.2, 0.25) is 11.8 Å². The monoisotopic (exact) mass is 261 g/mol. The number of anilines is 1. The van der Waals surface area contributed by atoms with Crippen LogP contribution in [0.4, 0.5) is 5.82 Å². The maximum atomic E-state index is 12.1. The Morgan fingerprint density at radius 3 is 2.74 bits per heavy atom.